The molecular weight excluding hydrogens is 395 g/mol. The van der Waals surface area contributed by atoms with Crippen LogP contribution in [0.25, 0.3) is 32.7 Å². The Hall–Kier alpha value is -2.37. The van der Waals surface area contributed by atoms with E-state index in [0.29, 0.717) is 0 Å². The molecule has 0 bridgehead atoms. The van der Waals surface area contributed by atoms with Crippen molar-refractivity contribution in [1.82, 2.24) is 0 Å². The van der Waals surface area contributed by atoms with Crippen molar-refractivity contribution in [2.45, 2.75) is 51.9 Å². The summed E-state index contributed by atoms with van der Waals surface area (Å²) in [6, 6.07) is 26.4. The highest BCUT2D eigenvalue weighted by Gasteiger charge is 2.38. The second-order valence-electron chi connectivity index (χ2n) is 10.2. The van der Waals surface area contributed by atoms with Crippen LogP contribution in [0.3, 0.4) is 0 Å². The van der Waals surface area contributed by atoms with Crippen molar-refractivity contribution in [2.24, 2.45) is 0 Å². The van der Waals surface area contributed by atoms with Crippen molar-refractivity contribution >= 4 is 34.8 Å². The van der Waals surface area contributed by atoms with E-state index in [4.69, 9.17) is 4.74 Å². The molecule has 0 N–H and O–H groups in total. The van der Waals surface area contributed by atoms with Crippen molar-refractivity contribution in [2.75, 3.05) is 7.11 Å². The summed E-state index contributed by atoms with van der Waals surface area (Å²) in [7, 11) is 1.30. The molecule has 31 heavy (non-hydrogen) atoms. The minimum Gasteiger partial charge on any atom is -0.495 e. The van der Waals surface area contributed by atoms with Gasteiger partial charge in [0.1, 0.15) is 5.75 Å². The maximum Gasteiger partial charge on any atom is 0.134 e. The smallest absolute Gasteiger partial charge is 0.134 e. The monoisotopic (exact) mass is 428 g/mol. The molecule has 160 valence electrons. The molecule has 0 aliphatic heterocycles. The first-order valence-electron chi connectivity index (χ1n) is 11.0. The summed E-state index contributed by atoms with van der Waals surface area (Å²) in [4.78, 5) is 0. The molecule has 0 spiro atoms. The van der Waals surface area contributed by atoms with Gasteiger partial charge in [-0.15, -0.1) is 0 Å². The zero-order valence-corrected chi connectivity index (χ0v) is 20.7. The lowest BCUT2D eigenvalue weighted by molar-refractivity contribution is 0.421. The lowest BCUT2D eigenvalue weighted by Crippen LogP contribution is -2.32. The van der Waals surface area contributed by atoms with Crippen LogP contribution in [-0.2, 0) is 0 Å². The fraction of sp³-hybridized carbons (Fsp3) is 0.310. The number of methoxy groups -OCH3 is 1. The first kappa shape index (κ1) is 21.8. The van der Waals surface area contributed by atoms with Crippen molar-refractivity contribution in [3.05, 3.63) is 72.8 Å². The third-order valence-corrected chi connectivity index (χ3v) is 9.45. The molecule has 1 nitrogen and oxygen atoms in total. The average Bonchev–Trinajstić information content (AvgIpc) is 2.71. The Kier molecular flexibility index (Phi) is 5.61. The summed E-state index contributed by atoms with van der Waals surface area (Å²) in [5, 5.41) is 6.86. The SMILES string of the molecule is COc1c(-c2ccc3ccccc3c2P(C(C)(C)C)C(C)(C)C)ccc2ccccc12. The van der Waals surface area contributed by atoms with E-state index in [9.17, 15) is 0 Å². The summed E-state index contributed by atoms with van der Waals surface area (Å²) in [5.74, 6) is 0.965. The second-order valence-corrected chi connectivity index (χ2v) is 14.0. The summed E-state index contributed by atoms with van der Waals surface area (Å²) >= 11 is 0. The van der Waals surface area contributed by atoms with Gasteiger partial charge in [-0.05, 0) is 43.4 Å². The first-order chi connectivity index (χ1) is 14.6. The first-order valence-corrected chi connectivity index (χ1v) is 12.4. The minimum atomic E-state index is -0.498. The van der Waals surface area contributed by atoms with Gasteiger partial charge in [0.15, 0.2) is 0 Å². The summed E-state index contributed by atoms with van der Waals surface area (Å²) in [5.41, 5.74) is 2.49. The van der Waals surface area contributed by atoms with Gasteiger partial charge in [-0.25, -0.2) is 0 Å². The number of fused-ring (bicyclic) bond motifs is 2. The van der Waals surface area contributed by atoms with Crippen molar-refractivity contribution in [3.63, 3.8) is 0 Å². The van der Waals surface area contributed by atoms with Gasteiger partial charge in [0.25, 0.3) is 0 Å². The van der Waals surface area contributed by atoms with E-state index < -0.39 is 7.92 Å². The highest BCUT2D eigenvalue weighted by atomic mass is 31.1. The molecule has 0 unspecified atom stereocenters. The molecule has 2 heteroatoms. The average molecular weight is 429 g/mol. The van der Waals surface area contributed by atoms with Crippen LogP contribution in [0.4, 0.5) is 0 Å². The van der Waals surface area contributed by atoms with Crippen LogP contribution in [0, 0.1) is 0 Å². The lowest BCUT2D eigenvalue weighted by atomic mass is 9.97. The quantitative estimate of drug-likeness (QED) is 0.298. The van der Waals surface area contributed by atoms with Crippen molar-refractivity contribution < 1.29 is 4.74 Å². The topological polar surface area (TPSA) is 9.23 Å². The van der Waals surface area contributed by atoms with Gasteiger partial charge in [-0.2, -0.15) is 0 Å². The molecule has 0 saturated heterocycles. The molecule has 4 rings (SSSR count). The predicted molar refractivity (Wildman–Crippen MR) is 140 cm³/mol. The zero-order chi connectivity index (χ0) is 22.4. The van der Waals surface area contributed by atoms with Gasteiger partial charge in [0, 0.05) is 10.9 Å². The second kappa shape index (κ2) is 7.95. The Morgan fingerprint density at radius 1 is 0.581 bits per heavy atom. The molecule has 0 heterocycles. The van der Waals surface area contributed by atoms with Gasteiger partial charge in [0.2, 0.25) is 0 Å². The number of rotatable bonds is 3. The normalized spacial score (nSPS) is 12.6. The Balaban J connectivity index is 2.14. The molecule has 0 atom stereocenters. The van der Waals surface area contributed by atoms with Crippen molar-refractivity contribution in [1.29, 1.82) is 0 Å². The minimum absolute atomic E-state index is 0.163. The van der Waals surface area contributed by atoms with Crippen molar-refractivity contribution in [3.8, 4) is 16.9 Å². The van der Waals surface area contributed by atoms with Crippen LogP contribution in [-0.4, -0.2) is 17.4 Å². The van der Waals surface area contributed by atoms with Crippen LogP contribution in [0.5, 0.6) is 5.75 Å². The lowest BCUT2D eigenvalue weighted by Gasteiger charge is -2.43. The van der Waals surface area contributed by atoms with E-state index in [1.54, 1.807) is 7.11 Å². The Morgan fingerprint density at radius 3 is 1.61 bits per heavy atom. The molecule has 4 aromatic carbocycles. The van der Waals surface area contributed by atoms with E-state index in [1.807, 2.05) is 0 Å². The number of benzene rings is 4. The Bertz CT molecular complexity index is 1230. The molecule has 4 aromatic rings. The van der Waals surface area contributed by atoms with Crippen LogP contribution >= 0.6 is 7.92 Å². The molecule has 0 aliphatic carbocycles. The van der Waals surface area contributed by atoms with Gasteiger partial charge >= 0.3 is 0 Å². The maximum absolute atomic E-state index is 6.04. The van der Waals surface area contributed by atoms with E-state index in [2.05, 4.69) is 114 Å². The van der Waals surface area contributed by atoms with E-state index in [0.717, 1.165) is 11.1 Å². The summed E-state index contributed by atoms with van der Waals surface area (Å²) < 4.78 is 6.04. The van der Waals surface area contributed by atoms with Gasteiger partial charge in [0.05, 0.1) is 7.11 Å². The largest absolute Gasteiger partial charge is 0.495 e. The van der Waals surface area contributed by atoms with Crippen LogP contribution in [0.2, 0.25) is 0 Å². The highest BCUT2D eigenvalue weighted by Crippen LogP contribution is 2.60. The Labute approximate surface area is 188 Å². The molecule has 0 fully saturated rings. The third kappa shape index (κ3) is 3.97. The highest BCUT2D eigenvalue weighted by molar-refractivity contribution is 7.69. The van der Waals surface area contributed by atoms with Crippen LogP contribution in [0.15, 0.2) is 72.8 Å². The molecule has 0 aliphatic rings. The van der Waals surface area contributed by atoms with Crippen LogP contribution in [0.1, 0.15) is 41.5 Å². The molecule has 0 saturated carbocycles. The fourth-order valence-corrected chi connectivity index (χ4v) is 9.30. The van der Waals surface area contributed by atoms with E-state index >= 15 is 0 Å². The van der Waals surface area contributed by atoms with Gasteiger partial charge in [-0.1, -0.05) is 116 Å². The standard InChI is InChI=1S/C29H33OP/c1-28(2,3)31(29(4,5)6)27-23-15-11-9-13-21(23)17-19-25(27)24-18-16-20-12-8-10-14-22(20)26(24)30-7/h8-19H,1-7H3. The fourth-order valence-electron chi connectivity index (χ4n) is 5.07. The maximum atomic E-state index is 6.04. The Morgan fingerprint density at radius 2 is 1.06 bits per heavy atom. The third-order valence-electron chi connectivity index (χ3n) is 5.84. The number of ether oxygens (including phenoxy) is 1. The zero-order valence-electron chi connectivity index (χ0n) is 19.8. The molecular formula is C29H33OP. The number of hydrogen-bond acceptors (Lipinski definition) is 1. The predicted octanol–water partition coefficient (Wildman–Crippen LogP) is 8.37. The molecule has 0 aromatic heterocycles. The summed E-state index contributed by atoms with van der Waals surface area (Å²) in [6.07, 6.45) is 0. The van der Waals surface area contributed by atoms with Crippen LogP contribution < -0.4 is 10.0 Å². The molecule has 0 amide bonds. The number of hydrogen-bond donors (Lipinski definition) is 0. The van der Waals surface area contributed by atoms with Gasteiger partial charge < -0.3 is 4.74 Å². The van der Waals surface area contributed by atoms with Gasteiger partial charge in [-0.3, -0.25) is 0 Å². The van der Waals surface area contributed by atoms with E-state index in [1.165, 1.54) is 32.6 Å². The van der Waals surface area contributed by atoms with E-state index in [-0.39, 0.29) is 10.3 Å². The molecule has 0 radical (unpaired) electrons. The summed E-state index contributed by atoms with van der Waals surface area (Å²) in [6.45, 7) is 14.4.